The standard InChI is InChI=1S/C13H17N3OS/c1-10-4-6-11(7-5-10)12-14-15-13(18)16(12)8-3-9-17-2/h4-7H,3,8-9H2,1-2H3,(H,15,18). The molecule has 0 saturated carbocycles. The Morgan fingerprint density at radius 3 is 2.72 bits per heavy atom. The van der Waals surface area contributed by atoms with Crippen molar-refractivity contribution < 1.29 is 4.74 Å². The molecule has 2 rings (SSSR count). The second-order valence-corrected chi connectivity index (χ2v) is 4.60. The fourth-order valence-electron chi connectivity index (χ4n) is 1.82. The second kappa shape index (κ2) is 5.93. The molecular formula is C13H17N3OS. The molecule has 0 atom stereocenters. The zero-order chi connectivity index (χ0) is 13.0. The van der Waals surface area contributed by atoms with Crippen molar-refractivity contribution in [3.8, 4) is 11.4 Å². The Labute approximate surface area is 112 Å². The third-order valence-corrected chi connectivity index (χ3v) is 3.11. The van der Waals surface area contributed by atoms with Crippen LogP contribution in [0.25, 0.3) is 11.4 Å². The molecule has 5 heteroatoms. The third-order valence-electron chi connectivity index (χ3n) is 2.80. The van der Waals surface area contributed by atoms with Crippen LogP contribution in [0.2, 0.25) is 0 Å². The number of nitrogens with zero attached hydrogens (tertiary/aromatic N) is 2. The van der Waals surface area contributed by atoms with Gasteiger partial charge in [-0.1, -0.05) is 29.8 Å². The molecule has 0 unspecified atom stereocenters. The first-order valence-corrected chi connectivity index (χ1v) is 6.34. The Hall–Kier alpha value is -1.46. The first-order valence-electron chi connectivity index (χ1n) is 5.93. The minimum Gasteiger partial charge on any atom is -0.385 e. The van der Waals surface area contributed by atoms with Crippen molar-refractivity contribution in [1.29, 1.82) is 0 Å². The highest BCUT2D eigenvalue weighted by molar-refractivity contribution is 7.71. The minimum atomic E-state index is 0.654. The lowest BCUT2D eigenvalue weighted by molar-refractivity contribution is 0.190. The first kappa shape index (κ1) is 13.0. The Kier molecular flexibility index (Phi) is 4.28. The van der Waals surface area contributed by atoms with Crippen LogP contribution >= 0.6 is 12.2 Å². The van der Waals surface area contributed by atoms with Crippen LogP contribution in [0.5, 0.6) is 0 Å². The molecule has 4 nitrogen and oxygen atoms in total. The molecule has 0 fully saturated rings. The number of benzene rings is 1. The van der Waals surface area contributed by atoms with Gasteiger partial charge in [0.2, 0.25) is 0 Å². The Morgan fingerprint density at radius 2 is 2.06 bits per heavy atom. The Morgan fingerprint density at radius 1 is 1.33 bits per heavy atom. The number of aromatic nitrogens is 3. The number of ether oxygens (including phenoxy) is 1. The van der Waals surface area contributed by atoms with Gasteiger partial charge in [0, 0.05) is 25.8 Å². The monoisotopic (exact) mass is 263 g/mol. The lowest BCUT2D eigenvalue weighted by Gasteiger charge is -2.06. The number of methoxy groups -OCH3 is 1. The molecule has 1 aromatic carbocycles. The maximum absolute atomic E-state index is 5.25. The molecule has 0 spiro atoms. The number of H-pyrrole nitrogens is 1. The van der Waals surface area contributed by atoms with Crippen molar-refractivity contribution in [3.63, 3.8) is 0 Å². The largest absolute Gasteiger partial charge is 0.385 e. The van der Waals surface area contributed by atoms with Gasteiger partial charge in [0.25, 0.3) is 0 Å². The number of hydrogen-bond acceptors (Lipinski definition) is 3. The predicted octanol–water partition coefficient (Wildman–Crippen LogP) is 2.95. The first-order chi connectivity index (χ1) is 8.72. The summed E-state index contributed by atoms with van der Waals surface area (Å²) in [4.78, 5) is 0. The van der Waals surface area contributed by atoms with E-state index in [0.29, 0.717) is 4.77 Å². The van der Waals surface area contributed by atoms with E-state index in [0.717, 1.165) is 31.0 Å². The molecule has 0 bridgehead atoms. The van der Waals surface area contributed by atoms with Gasteiger partial charge in [-0.15, -0.1) is 0 Å². The highest BCUT2D eigenvalue weighted by atomic mass is 32.1. The van der Waals surface area contributed by atoms with Gasteiger partial charge in [0.05, 0.1) is 0 Å². The summed E-state index contributed by atoms with van der Waals surface area (Å²) < 4.78 is 7.73. The van der Waals surface area contributed by atoms with Crippen LogP contribution in [0.1, 0.15) is 12.0 Å². The SMILES string of the molecule is COCCCn1c(-c2ccc(C)cc2)n[nH]c1=S. The molecular weight excluding hydrogens is 246 g/mol. The van der Waals surface area contributed by atoms with Crippen molar-refractivity contribution >= 4 is 12.2 Å². The van der Waals surface area contributed by atoms with E-state index in [1.54, 1.807) is 7.11 Å². The van der Waals surface area contributed by atoms with E-state index in [4.69, 9.17) is 17.0 Å². The molecule has 0 amide bonds. The molecule has 0 aliphatic heterocycles. The molecule has 1 aromatic heterocycles. The lowest BCUT2D eigenvalue weighted by atomic mass is 10.1. The topological polar surface area (TPSA) is 42.8 Å². The van der Waals surface area contributed by atoms with Crippen LogP contribution in [0.3, 0.4) is 0 Å². The normalized spacial score (nSPS) is 10.8. The quantitative estimate of drug-likeness (QED) is 0.666. The Bertz CT molecular complexity index is 556. The summed E-state index contributed by atoms with van der Waals surface area (Å²) in [6, 6.07) is 8.28. The van der Waals surface area contributed by atoms with Gasteiger partial charge in [-0.25, -0.2) is 0 Å². The van der Waals surface area contributed by atoms with E-state index >= 15 is 0 Å². The average molecular weight is 263 g/mol. The smallest absolute Gasteiger partial charge is 0.195 e. The number of aryl methyl sites for hydroxylation is 1. The van der Waals surface area contributed by atoms with E-state index in [1.807, 2.05) is 4.57 Å². The zero-order valence-corrected chi connectivity index (χ0v) is 11.5. The Balaban J connectivity index is 2.27. The van der Waals surface area contributed by atoms with Crippen LogP contribution in [0.15, 0.2) is 24.3 Å². The summed E-state index contributed by atoms with van der Waals surface area (Å²) in [7, 11) is 1.70. The molecule has 2 aromatic rings. The fourth-order valence-corrected chi connectivity index (χ4v) is 2.04. The zero-order valence-electron chi connectivity index (χ0n) is 10.6. The predicted molar refractivity (Wildman–Crippen MR) is 74.1 cm³/mol. The molecule has 18 heavy (non-hydrogen) atoms. The third kappa shape index (κ3) is 2.86. The van der Waals surface area contributed by atoms with E-state index < -0.39 is 0 Å². The van der Waals surface area contributed by atoms with Crippen molar-refractivity contribution in [2.45, 2.75) is 19.9 Å². The summed E-state index contributed by atoms with van der Waals surface area (Å²) in [6.45, 7) is 3.60. The number of rotatable bonds is 5. The molecule has 0 saturated heterocycles. The van der Waals surface area contributed by atoms with E-state index in [9.17, 15) is 0 Å². The van der Waals surface area contributed by atoms with Gasteiger partial charge in [-0.3, -0.25) is 5.10 Å². The van der Waals surface area contributed by atoms with Crippen LogP contribution in [0.4, 0.5) is 0 Å². The van der Waals surface area contributed by atoms with Gasteiger partial charge < -0.3 is 9.30 Å². The number of nitrogens with one attached hydrogen (secondary N) is 1. The van der Waals surface area contributed by atoms with Gasteiger partial charge in [-0.2, -0.15) is 5.10 Å². The van der Waals surface area contributed by atoms with E-state index in [2.05, 4.69) is 41.4 Å². The maximum Gasteiger partial charge on any atom is 0.195 e. The second-order valence-electron chi connectivity index (χ2n) is 4.22. The van der Waals surface area contributed by atoms with Gasteiger partial charge >= 0.3 is 0 Å². The van der Waals surface area contributed by atoms with Crippen molar-refractivity contribution in [2.24, 2.45) is 0 Å². The summed E-state index contributed by atoms with van der Waals surface area (Å²) in [5.41, 5.74) is 2.31. The fraction of sp³-hybridized carbons (Fsp3) is 0.385. The highest BCUT2D eigenvalue weighted by Crippen LogP contribution is 2.18. The van der Waals surface area contributed by atoms with E-state index in [-0.39, 0.29) is 0 Å². The molecule has 1 N–H and O–H groups in total. The van der Waals surface area contributed by atoms with Crippen molar-refractivity contribution in [3.05, 3.63) is 34.6 Å². The van der Waals surface area contributed by atoms with Crippen molar-refractivity contribution in [2.75, 3.05) is 13.7 Å². The van der Waals surface area contributed by atoms with Crippen LogP contribution in [-0.2, 0) is 11.3 Å². The molecule has 0 radical (unpaired) electrons. The lowest BCUT2D eigenvalue weighted by Crippen LogP contribution is -2.03. The summed E-state index contributed by atoms with van der Waals surface area (Å²) in [6.07, 6.45) is 0.920. The minimum absolute atomic E-state index is 0.654. The van der Waals surface area contributed by atoms with Gasteiger partial charge in [0.1, 0.15) is 0 Å². The average Bonchev–Trinajstić information content (AvgIpc) is 2.73. The summed E-state index contributed by atoms with van der Waals surface area (Å²) >= 11 is 5.25. The molecule has 96 valence electrons. The van der Waals surface area contributed by atoms with Crippen LogP contribution in [0, 0.1) is 11.7 Å². The summed E-state index contributed by atoms with van der Waals surface area (Å²) in [5.74, 6) is 0.885. The molecule has 0 aliphatic rings. The molecule has 0 aliphatic carbocycles. The highest BCUT2D eigenvalue weighted by Gasteiger charge is 2.08. The van der Waals surface area contributed by atoms with Gasteiger partial charge in [-0.05, 0) is 25.6 Å². The molecule has 1 heterocycles. The number of hydrogen-bond donors (Lipinski definition) is 1. The van der Waals surface area contributed by atoms with Crippen LogP contribution < -0.4 is 0 Å². The van der Waals surface area contributed by atoms with E-state index in [1.165, 1.54) is 5.56 Å². The maximum atomic E-state index is 5.25. The van der Waals surface area contributed by atoms with Crippen LogP contribution in [-0.4, -0.2) is 28.5 Å². The van der Waals surface area contributed by atoms with Crippen molar-refractivity contribution in [1.82, 2.24) is 14.8 Å². The van der Waals surface area contributed by atoms with Gasteiger partial charge in [0.15, 0.2) is 10.6 Å². The number of aromatic amines is 1. The summed E-state index contributed by atoms with van der Waals surface area (Å²) in [5, 5.41) is 7.15.